The third-order valence-electron chi connectivity index (χ3n) is 2.75. The van der Waals surface area contributed by atoms with Gasteiger partial charge in [0.05, 0.1) is 15.7 Å². The van der Waals surface area contributed by atoms with Crippen LogP contribution in [0.3, 0.4) is 0 Å². The summed E-state index contributed by atoms with van der Waals surface area (Å²) in [5, 5.41) is 2.41. The van der Waals surface area contributed by atoms with Gasteiger partial charge in [-0.2, -0.15) is 13.2 Å². The Kier molecular flexibility index (Phi) is 5.29. The highest BCUT2D eigenvalue weighted by molar-refractivity contribution is 9.10. The number of para-hydroxylation sites is 1. The first kappa shape index (κ1) is 18.4. The van der Waals surface area contributed by atoms with Crippen LogP contribution in [0.15, 0.2) is 34.8 Å². The third kappa shape index (κ3) is 4.12. The molecule has 0 aliphatic heterocycles. The third-order valence-corrected chi connectivity index (χ3v) is 3.48. The summed E-state index contributed by atoms with van der Waals surface area (Å²) in [5.74, 6) is -4.08. The van der Waals surface area contributed by atoms with E-state index in [0.717, 1.165) is 0 Å². The van der Waals surface area contributed by atoms with E-state index in [-0.39, 0.29) is 33.2 Å². The molecular weight excluding hydrogens is 419 g/mol. The van der Waals surface area contributed by atoms with Crippen LogP contribution in [0.2, 0.25) is 0 Å². The molecule has 128 valence electrons. The van der Waals surface area contributed by atoms with Gasteiger partial charge in [0.1, 0.15) is 0 Å². The summed E-state index contributed by atoms with van der Waals surface area (Å²) in [6, 6.07) is 4.82. The molecule has 2 rings (SSSR count). The van der Waals surface area contributed by atoms with Gasteiger partial charge in [0.2, 0.25) is 0 Å². The van der Waals surface area contributed by atoms with E-state index in [1.165, 1.54) is 12.1 Å². The summed E-state index contributed by atoms with van der Waals surface area (Å²) in [4.78, 5) is 0. The highest BCUT2D eigenvalue weighted by Gasteiger charge is 2.33. The normalized spacial score (nSPS) is 11.2. The number of benzene rings is 2. The molecule has 0 spiro atoms. The van der Waals surface area contributed by atoms with Gasteiger partial charge in [-0.15, -0.1) is 0 Å². The van der Waals surface area contributed by atoms with Crippen molar-refractivity contribution in [1.82, 2.24) is 0 Å². The first-order valence-corrected chi connectivity index (χ1v) is 7.38. The van der Waals surface area contributed by atoms with E-state index in [0.29, 0.717) is 0 Å². The van der Waals surface area contributed by atoms with Crippen LogP contribution < -0.4 is 15.8 Å². The van der Waals surface area contributed by atoms with Gasteiger partial charge in [-0.25, -0.2) is 8.78 Å². The number of nitrogens with two attached hydrogens (primary N) is 1. The second-order valence-electron chi connectivity index (χ2n) is 4.47. The fourth-order valence-electron chi connectivity index (χ4n) is 1.77. The Hall–Kier alpha value is -1.94. The maximum absolute atomic E-state index is 13.9. The predicted molar refractivity (Wildman–Crippen MR) is 86.0 cm³/mol. The van der Waals surface area contributed by atoms with Crippen molar-refractivity contribution in [3.05, 3.63) is 52.0 Å². The molecule has 0 heterocycles. The van der Waals surface area contributed by atoms with E-state index >= 15 is 0 Å². The number of thiocarbonyl (C=S) groups is 1. The molecule has 0 saturated heterocycles. The molecule has 0 bridgehead atoms. The molecule has 0 aromatic heterocycles. The molecule has 24 heavy (non-hydrogen) atoms. The summed E-state index contributed by atoms with van der Waals surface area (Å²) >= 11 is 7.79. The minimum absolute atomic E-state index is 0.0946. The standard InChI is InChI=1S/C14H8BrF5N2OS/c15-7-2-1-3-10(22-13(21)24)11(7)23-12-8(16)4-6(5-9(12)17)14(18,19)20/h1-5H,(H3,21,22,24). The summed E-state index contributed by atoms with van der Waals surface area (Å²) in [6.07, 6.45) is -4.88. The van der Waals surface area contributed by atoms with Gasteiger partial charge in [0.25, 0.3) is 0 Å². The summed E-state index contributed by atoms with van der Waals surface area (Å²) in [6.45, 7) is 0. The zero-order chi connectivity index (χ0) is 18.1. The van der Waals surface area contributed by atoms with E-state index in [4.69, 9.17) is 10.5 Å². The number of hydrogen-bond acceptors (Lipinski definition) is 2. The van der Waals surface area contributed by atoms with Crippen LogP contribution >= 0.6 is 28.1 Å². The predicted octanol–water partition coefficient (Wildman–Crippen LogP) is 5.19. The zero-order valence-electron chi connectivity index (χ0n) is 11.5. The Bertz CT molecular complexity index is 774. The average Bonchev–Trinajstić information content (AvgIpc) is 2.43. The molecule has 0 atom stereocenters. The van der Waals surface area contributed by atoms with Crippen molar-refractivity contribution in [1.29, 1.82) is 0 Å². The van der Waals surface area contributed by atoms with Gasteiger partial charge >= 0.3 is 6.18 Å². The minimum Gasteiger partial charge on any atom is -0.448 e. The highest BCUT2D eigenvalue weighted by Crippen LogP contribution is 2.40. The fraction of sp³-hybridized carbons (Fsp3) is 0.0714. The Balaban J connectivity index is 2.48. The molecule has 0 radical (unpaired) electrons. The number of ether oxygens (including phenoxy) is 1. The smallest absolute Gasteiger partial charge is 0.416 e. The van der Waals surface area contributed by atoms with Crippen molar-refractivity contribution in [2.75, 3.05) is 5.32 Å². The van der Waals surface area contributed by atoms with Crippen LogP contribution in [-0.4, -0.2) is 5.11 Å². The number of alkyl halides is 3. The first-order chi connectivity index (χ1) is 11.1. The maximum Gasteiger partial charge on any atom is 0.416 e. The molecule has 3 N–H and O–H groups in total. The van der Waals surface area contributed by atoms with Gasteiger partial charge in [0, 0.05) is 0 Å². The number of nitrogens with one attached hydrogen (secondary N) is 1. The van der Waals surface area contributed by atoms with Gasteiger partial charge in [-0.05, 0) is 52.4 Å². The molecular formula is C14H8BrF5N2OS. The van der Waals surface area contributed by atoms with Crippen LogP contribution in [0.4, 0.5) is 27.6 Å². The molecule has 0 unspecified atom stereocenters. The van der Waals surface area contributed by atoms with E-state index in [1.807, 2.05) is 0 Å². The van der Waals surface area contributed by atoms with Gasteiger partial charge in [-0.3, -0.25) is 0 Å². The van der Waals surface area contributed by atoms with Crippen molar-refractivity contribution in [3.8, 4) is 11.5 Å². The molecule has 0 amide bonds. The van der Waals surface area contributed by atoms with Crippen molar-refractivity contribution in [2.45, 2.75) is 6.18 Å². The number of halogens is 6. The molecule has 3 nitrogen and oxygen atoms in total. The first-order valence-electron chi connectivity index (χ1n) is 6.18. The van der Waals surface area contributed by atoms with Crippen molar-refractivity contribution < 1.29 is 26.7 Å². The van der Waals surface area contributed by atoms with Crippen LogP contribution in [0, 0.1) is 11.6 Å². The zero-order valence-corrected chi connectivity index (χ0v) is 14.0. The van der Waals surface area contributed by atoms with Crippen molar-refractivity contribution >= 4 is 38.9 Å². The van der Waals surface area contributed by atoms with Crippen LogP contribution in [0.5, 0.6) is 11.5 Å². The van der Waals surface area contributed by atoms with E-state index < -0.39 is 29.1 Å². The Morgan fingerprint density at radius 2 is 1.71 bits per heavy atom. The molecule has 2 aromatic carbocycles. The van der Waals surface area contributed by atoms with Gasteiger partial charge in [0.15, 0.2) is 28.2 Å². The van der Waals surface area contributed by atoms with Crippen molar-refractivity contribution in [2.24, 2.45) is 5.73 Å². The van der Waals surface area contributed by atoms with Gasteiger partial charge < -0.3 is 15.8 Å². The summed E-state index contributed by atoms with van der Waals surface area (Å²) in [7, 11) is 0. The number of anilines is 1. The van der Waals surface area contributed by atoms with Crippen LogP contribution in [0.25, 0.3) is 0 Å². The fourth-order valence-corrected chi connectivity index (χ4v) is 2.32. The molecule has 0 aliphatic carbocycles. The van der Waals surface area contributed by atoms with Gasteiger partial charge in [-0.1, -0.05) is 6.07 Å². The lowest BCUT2D eigenvalue weighted by Crippen LogP contribution is -2.19. The summed E-state index contributed by atoms with van der Waals surface area (Å²) in [5.41, 5.74) is 4.06. The van der Waals surface area contributed by atoms with Crippen LogP contribution in [-0.2, 0) is 6.18 Å². The number of hydrogen-bond donors (Lipinski definition) is 2. The molecule has 10 heteroatoms. The highest BCUT2D eigenvalue weighted by atomic mass is 79.9. The largest absolute Gasteiger partial charge is 0.448 e. The maximum atomic E-state index is 13.9. The van der Waals surface area contributed by atoms with E-state index in [2.05, 4.69) is 33.5 Å². The summed E-state index contributed by atoms with van der Waals surface area (Å²) < 4.78 is 70.9. The van der Waals surface area contributed by atoms with E-state index in [9.17, 15) is 22.0 Å². The minimum atomic E-state index is -4.88. The number of rotatable bonds is 3. The topological polar surface area (TPSA) is 47.3 Å². The van der Waals surface area contributed by atoms with E-state index in [1.54, 1.807) is 6.07 Å². The molecule has 0 aliphatic rings. The Morgan fingerprint density at radius 3 is 2.21 bits per heavy atom. The molecule has 2 aromatic rings. The quantitative estimate of drug-likeness (QED) is 0.523. The van der Waals surface area contributed by atoms with Crippen LogP contribution in [0.1, 0.15) is 5.56 Å². The Labute approximate surface area is 146 Å². The average molecular weight is 427 g/mol. The lowest BCUT2D eigenvalue weighted by atomic mass is 10.2. The molecule has 0 fully saturated rings. The van der Waals surface area contributed by atoms with Crippen molar-refractivity contribution in [3.63, 3.8) is 0 Å². The second kappa shape index (κ2) is 6.89. The Morgan fingerprint density at radius 1 is 1.12 bits per heavy atom. The monoisotopic (exact) mass is 426 g/mol. The lowest BCUT2D eigenvalue weighted by Gasteiger charge is -2.15. The SMILES string of the molecule is NC(=S)Nc1cccc(Br)c1Oc1c(F)cc(C(F)(F)F)cc1F. The molecule has 0 saturated carbocycles. The lowest BCUT2D eigenvalue weighted by molar-refractivity contribution is -0.138. The second-order valence-corrected chi connectivity index (χ2v) is 5.77.